The molecule has 0 saturated carbocycles. The van der Waals surface area contributed by atoms with E-state index in [1.807, 2.05) is 36.4 Å². The molecule has 1 aliphatic heterocycles. The van der Waals surface area contributed by atoms with Gasteiger partial charge in [-0.2, -0.15) is 5.26 Å². The van der Waals surface area contributed by atoms with Crippen LogP contribution in [0.2, 0.25) is 0 Å². The Hall–Kier alpha value is -2.93. The summed E-state index contributed by atoms with van der Waals surface area (Å²) < 4.78 is 5.52. The molecule has 0 aliphatic carbocycles. The molecule has 4 nitrogen and oxygen atoms in total. The van der Waals surface area contributed by atoms with Gasteiger partial charge in [-0.15, -0.1) is 0 Å². The Bertz CT molecular complexity index is 729. The molecule has 0 saturated heterocycles. The standard InChI is InChI=1S/C16H13N3O/c17-9-11-14(10-5-2-1-3-6-10)15-12(18)7-4-8-13(15)20-16(11)19/h1-8,14H,18-19H2. The lowest BCUT2D eigenvalue weighted by molar-refractivity contribution is 0.394. The van der Waals surface area contributed by atoms with Crippen LogP contribution in [-0.2, 0) is 0 Å². The zero-order valence-corrected chi connectivity index (χ0v) is 10.7. The topological polar surface area (TPSA) is 85.1 Å². The molecule has 0 spiro atoms. The Morgan fingerprint density at radius 2 is 1.75 bits per heavy atom. The number of nitriles is 1. The van der Waals surface area contributed by atoms with E-state index in [4.69, 9.17) is 16.2 Å². The summed E-state index contributed by atoms with van der Waals surface area (Å²) in [4.78, 5) is 0. The molecule has 4 heteroatoms. The van der Waals surface area contributed by atoms with Crippen molar-refractivity contribution in [3.05, 3.63) is 71.1 Å². The molecule has 1 aliphatic rings. The van der Waals surface area contributed by atoms with Crippen molar-refractivity contribution < 1.29 is 4.74 Å². The highest BCUT2D eigenvalue weighted by Crippen LogP contribution is 2.44. The van der Waals surface area contributed by atoms with Gasteiger partial charge in [0.05, 0.1) is 5.92 Å². The highest BCUT2D eigenvalue weighted by molar-refractivity contribution is 5.65. The maximum absolute atomic E-state index is 9.40. The van der Waals surface area contributed by atoms with Crippen LogP contribution < -0.4 is 16.2 Å². The van der Waals surface area contributed by atoms with Crippen LogP contribution in [0.25, 0.3) is 0 Å². The smallest absolute Gasteiger partial charge is 0.205 e. The summed E-state index contributed by atoms with van der Waals surface area (Å²) in [6.45, 7) is 0. The SMILES string of the molecule is N#CC1=C(N)Oc2cccc(N)c2C1c1ccccc1. The second kappa shape index (κ2) is 4.63. The Balaban J connectivity index is 2.28. The Kier molecular flexibility index (Phi) is 2.81. The molecule has 3 rings (SSSR count). The van der Waals surface area contributed by atoms with Crippen molar-refractivity contribution in [3.63, 3.8) is 0 Å². The maximum Gasteiger partial charge on any atom is 0.205 e. The summed E-state index contributed by atoms with van der Waals surface area (Å²) in [5.74, 6) is 0.459. The van der Waals surface area contributed by atoms with Crippen molar-refractivity contribution in [1.82, 2.24) is 0 Å². The zero-order valence-electron chi connectivity index (χ0n) is 10.7. The monoisotopic (exact) mass is 263 g/mol. The van der Waals surface area contributed by atoms with Gasteiger partial charge in [-0.1, -0.05) is 36.4 Å². The van der Waals surface area contributed by atoms with Gasteiger partial charge in [0, 0.05) is 11.3 Å². The molecule has 2 aromatic carbocycles. The van der Waals surface area contributed by atoms with Gasteiger partial charge in [0.15, 0.2) is 0 Å². The van der Waals surface area contributed by atoms with E-state index in [0.717, 1.165) is 11.1 Å². The first-order chi connectivity index (χ1) is 9.72. The number of nitrogens with zero attached hydrogens (tertiary/aromatic N) is 1. The van der Waals surface area contributed by atoms with Crippen LogP contribution in [0.3, 0.4) is 0 Å². The molecule has 20 heavy (non-hydrogen) atoms. The van der Waals surface area contributed by atoms with Gasteiger partial charge in [-0.05, 0) is 17.7 Å². The predicted molar refractivity (Wildman–Crippen MR) is 76.6 cm³/mol. The Labute approximate surface area is 116 Å². The van der Waals surface area contributed by atoms with E-state index in [9.17, 15) is 5.26 Å². The van der Waals surface area contributed by atoms with Crippen LogP contribution in [-0.4, -0.2) is 0 Å². The summed E-state index contributed by atoms with van der Waals surface area (Å²) >= 11 is 0. The fourth-order valence-corrected chi connectivity index (χ4v) is 2.52. The molecule has 0 bridgehead atoms. The highest BCUT2D eigenvalue weighted by Gasteiger charge is 2.31. The van der Waals surface area contributed by atoms with Crippen molar-refractivity contribution in [2.75, 3.05) is 5.73 Å². The van der Waals surface area contributed by atoms with Crippen LogP contribution in [0, 0.1) is 11.3 Å². The molecular weight excluding hydrogens is 250 g/mol. The van der Waals surface area contributed by atoms with E-state index in [0.29, 0.717) is 17.0 Å². The van der Waals surface area contributed by atoms with Gasteiger partial charge in [0.2, 0.25) is 5.88 Å². The van der Waals surface area contributed by atoms with Crippen molar-refractivity contribution in [2.45, 2.75) is 5.92 Å². The number of ether oxygens (including phenoxy) is 1. The number of hydrogen-bond acceptors (Lipinski definition) is 4. The first-order valence-electron chi connectivity index (χ1n) is 6.23. The van der Waals surface area contributed by atoms with Gasteiger partial charge < -0.3 is 16.2 Å². The molecule has 0 aromatic heterocycles. The third-order valence-electron chi connectivity index (χ3n) is 3.42. The van der Waals surface area contributed by atoms with Gasteiger partial charge in [-0.3, -0.25) is 0 Å². The molecule has 0 amide bonds. The third-order valence-corrected chi connectivity index (χ3v) is 3.42. The average molecular weight is 263 g/mol. The summed E-state index contributed by atoms with van der Waals surface area (Å²) in [6, 6.07) is 17.2. The minimum atomic E-state index is -0.286. The summed E-state index contributed by atoms with van der Waals surface area (Å²) in [5.41, 5.74) is 14.7. The molecule has 0 fully saturated rings. The van der Waals surface area contributed by atoms with Crippen LogP contribution >= 0.6 is 0 Å². The highest BCUT2D eigenvalue weighted by atomic mass is 16.5. The van der Waals surface area contributed by atoms with Crippen LogP contribution in [0.4, 0.5) is 5.69 Å². The van der Waals surface area contributed by atoms with E-state index in [-0.39, 0.29) is 11.8 Å². The third kappa shape index (κ3) is 1.77. The summed E-state index contributed by atoms with van der Waals surface area (Å²) in [5, 5.41) is 9.40. The molecular formula is C16H13N3O. The molecule has 0 radical (unpaired) electrons. The lowest BCUT2D eigenvalue weighted by atomic mass is 9.83. The first kappa shape index (κ1) is 12.1. The summed E-state index contributed by atoms with van der Waals surface area (Å²) in [7, 11) is 0. The van der Waals surface area contributed by atoms with Crippen LogP contribution in [0.5, 0.6) is 5.75 Å². The van der Waals surface area contributed by atoms with E-state index in [2.05, 4.69) is 6.07 Å². The predicted octanol–water partition coefficient (Wildman–Crippen LogP) is 2.49. The van der Waals surface area contributed by atoms with Gasteiger partial charge in [0.25, 0.3) is 0 Å². The fourth-order valence-electron chi connectivity index (χ4n) is 2.52. The normalized spacial score (nSPS) is 17.1. The molecule has 1 atom stereocenters. The first-order valence-corrected chi connectivity index (χ1v) is 6.23. The average Bonchev–Trinajstić information content (AvgIpc) is 2.47. The fraction of sp³-hybridized carbons (Fsp3) is 0.0625. The minimum absolute atomic E-state index is 0.138. The minimum Gasteiger partial charge on any atom is -0.440 e. The number of hydrogen-bond donors (Lipinski definition) is 2. The molecule has 1 heterocycles. The molecule has 1 unspecified atom stereocenters. The summed E-state index contributed by atoms with van der Waals surface area (Å²) in [6.07, 6.45) is 0. The van der Waals surface area contributed by atoms with Gasteiger partial charge >= 0.3 is 0 Å². The lowest BCUT2D eigenvalue weighted by Crippen LogP contribution is -2.22. The molecule has 98 valence electrons. The van der Waals surface area contributed by atoms with E-state index >= 15 is 0 Å². The maximum atomic E-state index is 9.40. The van der Waals surface area contributed by atoms with Crippen molar-refractivity contribution in [1.29, 1.82) is 5.26 Å². The molecule has 4 N–H and O–H groups in total. The number of fused-ring (bicyclic) bond motifs is 1. The quantitative estimate of drug-likeness (QED) is 0.774. The lowest BCUT2D eigenvalue weighted by Gasteiger charge is -2.27. The Morgan fingerprint density at radius 3 is 2.45 bits per heavy atom. The Morgan fingerprint density at radius 1 is 1.00 bits per heavy atom. The van der Waals surface area contributed by atoms with Crippen LogP contribution in [0.15, 0.2) is 60.0 Å². The number of anilines is 1. The van der Waals surface area contributed by atoms with Crippen molar-refractivity contribution in [2.24, 2.45) is 5.73 Å². The number of allylic oxidation sites excluding steroid dienone is 1. The second-order valence-corrected chi connectivity index (χ2v) is 4.59. The number of nitrogens with two attached hydrogens (primary N) is 2. The number of rotatable bonds is 1. The van der Waals surface area contributed by atoms with E-state index < -0.39 is 0 Å². The van der Waals surface area contributed by atoms with Crippen molar-refractivity contribution in [3.8, 4) is 11.8 Å². The van der Waals surface area contributed by atoms with Gasteiger partial charge in [-0.25, -0.2) is 0 Å². The largest absolute Gasteiger partial charge is 0.440 e. The van der Waals surface area contributed by atoms with Crippen LogP contribution in [0.1, 0.15) is 17.0 Å². The number of nitrogen functional groups attached to an aromatic ring is 1. The molecule has 2 aromatic rings. The zero-order chi connectivity index (χ0) is 14.1. The van der Waals surface area contributed by atoms with E-state index in [1.165, 1.54) is 0 Å². The van der Waals surface area contributed by atoms with Gasteiger partial charge in [0.1, 0.15) is 17.4 Å². The number of benzene rings is 2. The second-order valence-electron chi connectivity index (χ2n) is 4.59. The van der Waals surface area contributed by atoms with E-state index in [1.54, 1.807) is 12.1 Å². The van der Waals surface area contributed by atoms with Crippen molar-refractivity contribution >= 4 is 5.69 Å².